The summed E-state index contributed by atoms with van der Waals surface area (Å²) >= 11 is 0. The van der Waals surface area contributed by atoms with Crippen molar-refractivity contribution in [3.8, 4) is 0 Å². The second-order valence-electron chi connectivity index (χ2n) is 14.4. The molecule has 0 aromatic carbocycles. The Morgan fingerprint density at radius 3 is 2.07 bits per heavy atom. The lowest BCUT2D eigenvalue weighted by Crippen LogP contribution is -2.71. The minimum Gasteiger partial charge on any atom is -0.462 e. The van der Waals surface area contributed by atoms with Crippen LogP contribution >= 0.6 is 0 Å². The number of carbonyl (C=O) groups excluding carboxylic acids is 4. The van der Waals surface area contributed by atoms with E-state index in [-0.39, 0.29) is 25.0 Å². The largest absolute Gasteiger partial charge is 0.462 e. The molecule has 14 unspecified atom stereocenters. The Balaban J connectivity index is 1.65. The molecule has 2 aliphatic heterocycles. The number of hydrogen-bond donors (Lipinski definition) is 4. The van der Waals surface area contributed by atoms with Gasteiger partial charge in [-0.15, -0.1) is 0 Å². The number of Topliss-reactive ketones (excluding diaryl/α,β-unsaturated/α-hetero) is 1. The number of hydrogen-bond acceptors (Lipinski definition) is 14. The Labute approximate surface area is 267 Å². The van der Waals surface area contributed by atoms with E-state index in [9.17, 15) is 39.6 Å². The summed E-state index contributed by atoms with van der Waals surface area (Å²) in [5.74, 6) is -3.79. The number of esters is 3. The van der Waals surface area contributed by atoms with Crippen LogP contribution in [0.4, 0.5) is 0 Å². The third-order valence-corrected chi connectivity index (χ3v) is 11.4. The number of aliphatic hydroxyl groups excluding tert-OH is 4. The van der Waals surface area contributed by atoms with Crippen molar-refractivity contribution in [2.45, 2.75) is 134 Å². The van der Waals surface area contributed by atoms with E-state index in [0.29, 0.717) is 5.57 Å². The van der Waals surface area contributed by atoms with Crippen LogP contribution in [0.25, 0.3) is 0 Å². The van der Waals surface area contributed by atoms with E-state index in [1.807, 2.05) is 20.8 Å². The standard InChI is InChI=1S/C32H46O14/c1-13-18(44-28-24(40)23(39)22(38)19(12-33)45-28)9-10-30(7)21(13)25(41-14(2)34)17-11-20(37)31(8)32(46-31,29(17,5)6)27(43-16(4)36)26(30)42-15(3)35/h17-19,21-28,33,38-40H,1,9-12H2,2-8H3. The average Bonchev–Trinajstić information content (AvgIpc) is 3.62. The van der Waals surface area contributed by atoms with Crippen molar-refractivity contribution in [1.82, 2.24) is 0 Å². The molecule has 5 fully saturated rings. The summed E-state index contributed by atoms with van der Waals surface area (Å²) in [5, 5.41) is 41.0. The lowest BCUT2D eigenvalue weighted by molar-refractivity contribution is -0.312. The van der Waals surface area contributed by atoms with Gasteiger partial charge in [-0.1, -0.05) is 27.4 Å². The maximum Gasteiger partial charge on any atom is 0.303 e. The summed E-state index contributed by atoms with van der Waals surface area (Å²) in [7, 11) is 0. The van der Waals surface area contributed by atoms with Gasteiger partial charge in [0.15, 0.2) is 29.4 Å². The molecule has 5 rings (SSSR count). The first-order valence-electron chi connectivity index (χ1n) is 15.7. The third kappa shape index (κ3) is 4.94. The fourth-order valence-corrected chi connectivity index (χ4v) is 9.10. The lowest BCUT2D eigenvalue weighted by Gasteiger charge is -2.60. The van der Waals surface area contributed by atoms with Crippen molar-refractivity contribution in [3.63, 3.8) is 0 Å². The first-order chi connectivity index (χ1) is 21.3. The Morgan fingerprint density at radius 2 is 1.50 bits per heavy atom. The number of aliphatic hydroxyl groups is 4. The third-order valence-electron chi connectivity index (χ3n) is 11.4. The number of ketones is 1. The van der Waals surface area contributed by atoms with Crippen molar-refractivity contribution in [2.75, 3.05) is 6.61 Å². The smallest absolute Gasteiger partial charge is 0.303 e. The van der Waals surface area contributed by atoms with Crippen molar-refractivity contribution in [1.29, 1.82) is 0 Å². The van der Waals surface area contributed by atoms with Crippen molar-refractivity contribution < 1.29 is 68.0 Å². The minimum absolute atomic E-state index is 0.0354. The fraction of sp³-hybridized carbons (Fsp3) is 0.812. The summed E-state index contributed by atoms with van der Waals surface area (Å²) in [6.07, 6.45) is -11.6. The molecule has 3 saturated carbocycles. The minimum atomic E-state index is -1.68. The van der Waals surface area contributed by atoms with E-state index in [0.717, 1.165) is 0 Å². The van der Waals surface area contributed by atoms with Crippen LogP contribution in [0.5, 0.6) is 0 Å². The fourth-order valence-electron chi connectivity index (χ4n) is 9.10. The summed E-state index contributed by atoms with van der Waals surface area (Å²) in [6, 6.07) is 0. The molecule has 1 spiro atoms. The van der Waals surface area contributed by atoms with Crippen LogP contribution in [0.1, 0.15) is 67.7 Å². The van der Waals surface area contributed by atoms with Crippen LogP contribution in [0.3, 0.4) is 0 Å². The maximum atomic E-state index is 13.8. The Kier molecular flexibility index (Phi) is 8.79. The van der Waals surface area contributed by atoms with E-state index in [1.54, 1.807) is 6.92 Å². The second-order valence-corrected chi connectivity index (χ2v) is 14.4. The first-order valence-corrected chi connectivity index (χ1v) is 15.7. The van der Waals surface area contributed by atoms with Gasteiger partial charge in [-0.25, -0.2) is 0 Å². The molecule has 2 heterocycles. The highest BCUT2D eigenvalue weighted by Crippen LogP contribution is 2.72. The van der Waals surface area contributed by atoms with Gasteiger partial charge in [-0.05, 0) is 25.3 Å². The van der Waals surface area contributed by atoms with E-state index < -0.39 is 114 Å². The lowest BCUT2D eigenvalue weighted by atomic mass is 9.46. The van der Waals surface area contributed by atoms with Gasteiger partial charge < -0.3 is 48.8 Å². The summed E-state index contributed by atoms with van der Waals surface area (Å²) in [4.78, 5) is 52.1. The monoisotopic (exact) mass is 654 g/mol. The van der Waals surface area contributed by atoms with Crippen molar-refractivity contribution >= 4 is 23.7 Å². The van der Waals surface area contributed by atoms with E-state index >= 15 is 0 Å². The first kappa shape index (κ1) is 34.9. The van der Waals surface area contributed by atoms with Crippen LogP contribution in [0.2, 0.25) is 0 Å². The quantitative estimate of drug-likeness (QED) is 0.130. The molecule has 0 aromatic rings. The Hall–Kier alpha value is -2.46. The summed E-state index contributed by atoms with van der Waals surface area (Å²) in [5.41, 5.74) is -4.56. The topological polar surface area (TPSA) is 208 Å². The molecule has 0 radical (unpaired) electrons. The summed E-state index contributed by atoms with van der Waals surface area (Å²) in [6.45, 7) is 14.6. The molecule has 0 aromatic heterocycles. The number of fused-ring (bicyclic) bond motifs is 2. The molecule has 14 nitrogen and oxygen atoms in total. The summed E-state index contributed by atoms with van der Waals surface area (Å²) < 4.78 is 36.3. The number of epoxide rings is 1. The molecule has 3 aliphatic carbocycles. The predicted octanol–water partition coefficient (Wildman–Crippen LogP) is 0.0956. The predicted molar refractivity (Wildman–Crippen MR) is 154 cm³/mol. The Bertz CT molecular complexity index is 1300. The molecule has 2 saturated heterocycles. The van der Waals surface area contributed by atoms with Crippen LogP contribution in [0.15, 0.2) is 12.2 Å². The van der Waals surface area contributed by atoms with Gasteiger partial charge in [0.1, 0.15) is 36.6 Å². The van der Waals surface area contributed by atoms with E-state index in [4.69, 9.17) is 28.4 Å². The number of carbonyl (C=O) groups is 4. The normalized spacial score (nSPS) is 47.8. The highest BCUT2D eigenvalue weighted by Gasteiger charge is 2.88. The zero-order chi connectivity index (χ0) is 34.3. The maximum absolute atomic E-state index is 13.8. The van der Waals surface area contributed by atoms with Gasteiger partial charge in [-0.3, -0.25) is 19.2 Å². The van der Waals surface area contributed by atoms with Crippen molar-refractivity contribution in [3.05, 3.63) is 12.2 Å². The molecule has 2 bridgehead atoms. The second kappa shape index (κ2) is 11.6. The van der Waals surface area contributed by atoms with E-state index in [1.165, 1.54) is 20.8 Å². The molecule has 258 valence electrons. The van der Waals surface area contributed by atoms with Crippen LogP contribution in [0, 0.1) is 22.7 Å². The average molecular weight is 655 g/mol. The molecular weight excluding hydrogens is 608 g/mol. The van der Waals surface area contributed by atoms with Crippen LogP contribution in [-0.2, 0) is 47.6 Å². The molecule has 46 heavy (non-hydrogen) atoms. The molecule has 0 amide bonds. The number of ether oxygens (including phenoxy) is 6. The van der Waals surface area contributed by atoms with Gasteiger partial charge in [0.05, 0.1) is 12.7 Å². The molecule has 14 heteroatoms. The molecule has 5 aliphatic rings. The van der Waals surface area contributed by atoms with Crippen LogP contribution < -0.4 is 0 Å². The van der Waals surface area contributed by atoms with Gasteiger partial charge in [0.25, 0.3) is 0 Å². The SMILES string of the molecule is C=C1C(OC2OC(CO)C(O)C(O)C2O)CCC2(C)C(OC(C)=O)C(OC(C)=O)C34OC3(C)C(=O)CC(C(OC(C)=O)C12)C4(C)C. The van der Waals surface area contributed by atoms with Crippen LogP contribution in [-0.4, -0.2) is 117 Å². The van der Waals surface area contributed by atoms with Gasteiger partial charge in [-0.2, -0.15) is 0 Å². The molecular formula is C32H46O14. The van der Waals surface area contributed by atoms with Crippen molar-refractivity contribution in [2.24, 2.45) is 22.7 Å². The number of rotatable bonds is 6. The van der Waals surface area contributed by atoms with Gasteiger partial charge in [0, 0.05) is 49.9 Å². The van der Waals surface area contributed by atoms with E-state index in [2.05, 4.69) is 6.58 Å². The zero-order valence-electron chi connectivity index (χ0n) is 27.3. The van der Waals surface area contributed by atoms with Gasteiger partial charge >= 0.3 is 17.9 Å². The molecule has 4 N–H and O–H groups in total. The molecule has 14 atom stereocenters. The zero-order valence-corrected chi connectivity index (χ0v) is 27.3. The highest BCUT2D eigenvalue weighted by atomic mass is 16.7. The Morgan fingerprint density at radius 1 is 0.913 bits per heavy atom. The highest BCUT2D eigenvalue weighted by molar-refractivity contribution is 5.94. The van der Waals surface area contributed by atoms with Gasteiger partial charge in [0.2, 0.25) is 0 Å².